The maximum atomic E-state index is 13.1. The lowest BCUT2D eigenvalue weighted by atomic mass is 9.85. The molecule has 1 unspecified atom stereocenters. The summed E-state index contributed by atoms with van der Waals surface area (Å²) in [7, 11) is 1.25. The average Bonchev–Trinajstić information content (AvgIpc) is 2.82. The molecule has 1 saturated heterocycles. The van der Waals surface area contributed by atoms with Crippen LogP contribution in [0.25, 0.3) is 0 Å². The molecule has 7 heteroatoms. The number of methoxy groups -OCH3 is 1. The fourth-order valence-electron chi connectivity index (χ4n) is 2.87. The minimum absolute atomic E-state index is 0.181. The van der Waals surface area contributed by atoms with Gasteiger partial charge in [-0.3, -0.25) is 4.79 Å². The van der Waals surface area contributed by atoms with Crippen LogP contribution < -0.4 is 5.32 Å². The van der Waals surface area contributed by atoms with Crippen molar-refractivity contribution in [2.45, 2.75) is 72.6 Å². The zero-order chi connectivity index (χ0) is 19.6. The quantitative estimate of drug-likeness (QED) is 0.785. The summed E-state index contributed by atoms with van der Waals surface area (Å²) in [6.07, 6.45) is -0.121. The van der Waals surface area contributed by atoms with Gasteiger partial charge < -0.3 is 19.7 Å². The predicted molar refractivity (Wildman–Crippen MR) is 93.9 cm³/mol. The van der Waals surface area contributed by atoms with E-state index in [0.717, 1.165) is 0 Å². The molecule has 0 aromatic carbocycles. The number of alkyl carbamates (subject to hydrolysis) is 1. The van der Waals surface area contributed by atoms with E-state index < -0.39 is 35.2 Å². The Labute approximate surface area is 150 Å². The van der Waals surface area contributed by atoms with Crippen molar-refractivity contribution < 1.29 is 23.9 Å². The summed E-state index contributed by atoms with van der Waals surface area (Å²) in [5.74, 6) is -0.519. The van der Waals surface area contributed by atoms with Crippen molar-refractivity contribution >= 4 is 18.0 Å². The van der Waals surface area contributed by atoms with Crippen LogP contribution in [0.3, 0.4) is 0 Å². The van der Waals surface area contributed by atoms with E-state index in [1.54, 1.807) is 20.8 Å². The lowest BCUT2D eigenvalue weighted by Gasteiger charge is -2.35. The lowest BCUT2D eigenvalue weighted by Crippen LogP contribution is -2.57. The Morgan fingerprint density at radius 2 is 1.68 bits per heavy atom. The largest absolute Gasteiger partial charge is 0.458 e. The lowest BCUT2D eigenvalue weighted by molar-refractivity contribution is -0.164. The van der Waals surface area contributed by atoms with Crippen LogP contribution in [-0.2, 0) is 19.1 Å². The molecule has 0 spiro atoms. The highest BCUT2D eigenvalue weighted by atomic mass is 16.6. The molecule has 1 rings (SSSR count). The second kappa shape index (κ2) is 7.62. The predicted octanol–water partition coefficient (Wildman–Crippen LogP) is 2.34. The van der Waals surface area contributed by atoms with Crippen LogP contribution in [0.5, 0.6) is 0 Å². The number of amides is 2. The maximum Gasteiger partial charge on any atom is 0.407 e. The normalized spacial score (nSPS) is 22.3. The molecule has 1 N–H and O–H groups in total. The number of rotatable bonds is 3. The standard InChI is InChI=1S/C18H32N2O5/c1-11-9-12(15(22)25-18(5,6)7)20(10-11)14(21)13(17(2,3)4)19-16(23)24-8/h11-13H,9-10H2,1-8H3,(H,19,23)/t11-,12+,13?/m1/s1. The zero-order valence-corrected chi connectivity index (χ0v) is 16.6. The molecule has 2 amide bonds. The molecule has 1 aliphatic heterocycles. The number of carbonyl (C=O) groups excluding carboxylic acids is 3. The van der Waals surface area contributed by atoms with Crippen LogP contribution in [0.4, 0.5) is 4.79 Å². The topological polar surface area (TPSA) is 84.9 Å². The molecule has 0 bridgehead atoms. The minimum atomic E-state index is -0.796. The van der Waals surface area contributed by atoms with E-state index in [4.69, 9.17) is 4.74 Å². The van der Waals surface area contributed by atoms with E-state index in [2.05, 4.69) is 10.1 Å². The summed E-state index contributed by atoms with van der Waals surface area (Å²) in [5, 5.41) is 2.60. The van der Waals surface area contributed by atoms with Gasteiger partial charge in [-0.25, -0.2) is 9.59 Å². The van der Waals surface area contributed by atoms with Gasteiger partial charge in [-0.1, -0.05) is 27.7 Å². The number of hydrogen-bond acceptors (Lipinski definition) is 5. The zero-order valence-electron chi connectivity index (χ0n) is 16.6. The molecule has 1 fully saturated rings. The molecule has 0 radical (unpaired) electrons. The second-order valence-corrected chi connectivity index (χ2v) is 8.82. The molecular weight excluding hydrogens is 324 g/mol. The first-order valence-corrected chi connectivity index (χ1v) is 8.64. The highest BCUT2D eigenvalue weighted by Gasteiger charge is 2.45. The van der Waals surface area contributed by atoms with Gasteiger partial charge in [0, 0.05) is 6.54 Å². The van der Waals surface area contributed by atoms with Gasteiger partial charge in [-0.2, -0.15) is 0 Å². The molecule has 1 heterocycles. The first-order chi connectivity index (χ1) is 11.3. The van der Waals surface area contributed by atoms with E-state index in [0.29, 0.717) is 13.0 Å². The molecule has 144 valence electrons. The van der Waals surface area contributed by atoms with E-state index in [1.165, 1.54) is 12.0 Å². The van der Waals surface area contributed by atoms with Gasteiger partial charge in [-0.15, -0.1) is 0 Å². The highest BCUT2D eigenvalue weighted by molar-refractivity contribution is 5.90. The van der Waals surface area contributed by atoms with Gasteiger partial charge in [0.15, 0.2) is 0 Å². The summed E-state index contributed by atoms with van der Waals surface area (Å²) in [6.45, 7) is 13.4. The maximum absolute atomic E-state index is 13.1. The van der Waals surface area contributed by atoms with Gasteiger partial charge in [0.1, 0.15) is 17.7 Å². The number of nitrogens with one attached hydrogen (secondary N) is 1. The SMILES string of the molecule is COC(=O)NC(C(=O)N1C[C@H](C)C[C@H]1C(=O)OC(C)(C)C)C(C)(C)C. The van der Waals surface area contributed by atoms with Crippen molar-refractivity contribution in [2.75, 3.05) is 13.7 Å². The van der Waals surface area contributed by atoms with Crippen molar-refractivity contribution in [3.8, 4) is 0 Å². The van der Waals surface area contributed by atoms with Crippen LogP contribution >= 0.6 is 0 Å². The van der Waals surface area contributed by atoms with Gasteiger partial charge in [0.2, 0.25) is 5.91 Å². The summed E-state index contributed by atoms with van der Waals surface area (Å²) >= 11 is 0. The summed E-state index contributed by atoms with van der Waals surface area (Å²) in [6, 6.07) is -1.43. The van der Waals surface area contributed by atoms with Gasteiger partial charge >= 0.3 is 12.1 Å². The van der Waals surface area contributed by atoms with Crippen LogP contribution in [0.1, 0.15) is 54.9 Å². The number of nitrogens with zero attached hydrogens (tertiary/aromatic N) is 1. The molecule has 0 aromatic heterocycles. The van der Waals surface area contributed by atoms with Crippen molar-refractivity contribution in [1.82, 2.24) is 10.2 Å². The molecule has 0 aliphatic carbocycles. The van der Waals surface area contributed by atoms with Crippen molar-refractivity contribution in [2.24, 2.45) is 11.3 Å². The third-order valence-electron chi connectivity index (χ3n) is 4.03. The van der Waals surface area contributed by atoms with Crippen LogP contribution in [-0.4, -0.2) is 54.2 Å². The van der Waals surface area contributed by atoms with Crippen molar-refractivity contribution in [3.05, 3.63) is 0 Å². The van der Waals surface area contributed by atoms with Crippen LogP contribution in [0.2, 0.25) is 0 Å². The molecule has 1 aliphatic rings. The van der Waals surface area contributed by atoms with Crippen molar-refractivity contribution in [3.63, 3.8) is 0 Å². The molecule has 0 aromatic rings. The molecule has 25 heavy (non-hydrogen) atoms. The van der Waals surface area contributed by atoms with Gasteiger partial charge in [-0.05, 0) is 38.5 Å². The van der Waals surface area contributed by atoms with Crippen LogP contribution in [0, 0.1) is 11.3 Å². The third kappa shape index (κ3) is 5.90. The summed E-state index contributed by atoms with van der Waals surface area (Å²) < 4.78 is 10.1. The summed E-state index contributed by atoms with van der Waals surface area (Å²) in [4.78, 5) is 38.9. The second-order valence-electron chi connectivity index (χ2n) is 8.82. The Kier molecular flexibility index (Phi) is 6.48. The monoisotopic (exact) mass is 356 g/mol. The highest BCUT2D eigenvalue weighted by Crippen LogP contribution is 2.29. The third-order valence-corrected chi connectivity index (χ3v) is 4.03. The van der Waals surface area contributed by atoms with Crippen LogP contribution in [0.15, 0.2) is 0 Å². The minimum Gasteiger partial charge on any atom is -0.458 e. The van der Waals surface area contributed by atoms with E-state index in [9.17, 15) is 14.4 Å². The fourth-order valence-corrected chi connectivity index (χ4v) is 2.87. The smallest absolute Gasteiger partial charge is 0.407 e. The Morgan fingerprint density at radius 3 is 2.12 bits per heavy atom. The van der Waals surface area contributed by atoms with E-state index >= 15 is 0 Å². The molecule has 0 saturated carbocycles. The Balaban J connectivity index is 3.04. The number of esters is 1. The molecule has 3 atom stereocenters. The number of ether oxygens (including phenoxy) is 2. The molecular formula is C18H32N2O5. The number of hydrogen-bond donors (Lipinski definition) is 1. The van der Waals surface area contributed by atoms with E-state index in [1.807, 2.05) is 27.7 Å². The molecule has 7 nitrogen and oxygen atoms in total. The first-order valence-electron chi connectivity index (χ1n) is 8.64. The Hall–Kier alpha value is -1.79. The van der Waals surface area contributed by atoms with Gasteiger partial charge in [0.25, 0.3) is 0 Å². The fraction of sp³-hybridized carbons (Fsp3) is 0.833. The van der Waals surface area contributed by atoms with E-state index in [-0.39, 0.29) is 11.8 Å². The number of likely N-dealkylation sites (tertiary alicyclic amines) is 1. The average molecular weight is 356 g/mol. The van der Waals surface area contributed by atoms with Gasteiger partial charge in [0.05, 0.1) is 7.11 Å². The Morgan fingerprint density at radius 1 is 1.12 bits per heavy atom. The summed E-state index contributed by atoms with van der Waals surface area (Å²) in [5.41, 5.74) is -1.15. The van der Waals surface area contributed by atoms with Crippen molar-refractivity contribution in [1.29, 1.82) is 0 Å². The Bertz CT molecular complexity index is 519. The number of carbonyl (C=O) groups is 3. The first kappa shape index (κ1) is 21.3.